The van der Waals surface area contributed by atoms with Crippen molar-refractivity contribution in [3.63, 3.8) is 0 Å². The van der Waals surface area contributed by atoms with Gasteiger partial charge in [-0.15, -0.1) is 0 Å². The van der Waals surface area contributed by atoms with E-state index in [9.17, 15) is 4.39 Å². The summed E-state index contributed by atoms with van der Waals surface area (Å²) in [5.74, 6) is 0.559. The molecule has 0 radical (unpaired) electrons. The van der Waals surface area contributed by atoms with Gasteiger partial charge in [0.1, 0.15) is 11.6 Å². The van der Waals surface area contributed by atoms with Crippen LogP contribution in [0.1, 0.15) is 35.1 Å². The van der Waals surface area contributed by atoms with Crippen LogP contribution in [0.2, 0.25) is 0 Å². The summed E-state index contributed by atoms with van der Waals surface area (Å²) in [5.41, 5.74) is 10.1. The van der Waals surface area contributed by atoms with Gasteiger partial charge in [-0.25, -0.2) is 4.39 Å². The fraction of sp³-hybridized carbons (Fsp3) is 0.333. The van der Waals surface area contributed by atoms with E-state index in [1.807, 2.05) is 25.1 Å². The van der Waals surface area contributed by atoms with E-state index in [1.54, 1.807) is 13.2 Å². The molecular formula is C18H20FNO. The van der Waals surface area contributed by atoms with Gasteiger partial charge in [-0.2, -0.15) is 0 Å². The molecule has 1 unspecified atom stereocenters. The van der Waals surface area contributed by atoms with Crippen molar-refractivity contribution in [3.8, 4) is 5.75 Å². The van der Waals surface area contributed by atoms with Crippen LogP contribution in [0, 0.1) is 12.7 Å². The number of aryl methyl sites for hydroxylation is 2. The van der Waals surface area contributed by atoms with E-state index in [2.05, 4.69) is 6.07 Å². The zero-order chi connectivity index (χ0) is 15.0. The zero-order valence-corrected chi connectivity index (χ0v) is 12.4. The highest BCUT2D eigenvalue weighted by atomic mass is 19.1. The summed E-state index contributed by atoms with van der Waals surface area (Å²) in [7, 11) is 1.65. The highest BCUT2D eigenvalue weighted by Crippen LogP contribution is 2.40. The minimum absolute atomic E-state index is 0.232. The number of fused-ring (bicyclic) bond motifs is 1. The number of hydrogen-bond acceptors (Lipinski definition) is 2. The number of ether oxygens (including phenoxy) is 1. The van der Waals surface area contributed by atoms with E-state index in [-0.39, 0.29) is 5.82 Å². The van der Waals surface area contributed by atoms with Crippen molar-refractivity contribution < 1.29 is 9.13 Å². The summed E-state index contributed by atoms with van der Waals surface area (Å²) in [4.78, 5) is 0. The Hall–Kier alpha value is -1.87. The minimum Gasteiger partial charge on any atom is -0.497 e. The molecule has 3 heteroatoms. The summed E-state index contributed by atoms with van der Waals surface area (Å²) in [6.45, 7) is 1.89. The number of halogens is 1. The number of benzene rings is 2. The Morgan fingerprint density at radius 1 is 1.19 bits per heavy atom. The molecule has 0 amide bonds. The molecule has 0 spiro atoms. The lowest BCUT2D eigenvalue weighted by atomic mass is 9.73. The van der Waals surface area contributed by atoms with Gasteiger partial charge in [0.15, 0.2) is 0 Å². The van der Waals surface area contributed by atoms with E-state index >= 15 is 0 Å². The molecule has 0 saturated heterocycles. The van der Waals surface area contributed by atoms with Crippen LogP contribution in [-0.2, 0) is 12.0 Å². The van der Waals surface area contributed by atoms with Crippen molar-refractivity contribution in [1.82, 2.24) is 0 Å². The molecule has 0 saturated carbocycles. The quantitative estimate of drug-likeness (QED) is 0.913. The lowest BCUT2D eigenvalue weighted by Gasteiger charge is -2.37. The molecule has 21 heavy (non-hydrogen) atoms. The van der Waals surface area contributed by atoms with Gasteiger partial charge >= 0.3 is 0 Å². The van der Waals surface area contributed by atoms with E-state index in [0.717, 1.165) is 41.7 Å². The van der Waals surface area contributed by atoms with Gasteiger partial charge in [0.05, 0.1) is 12.6 Å². The molecule has 2 N–H and O–H groups in total. The molecule has 1 aliphatic rings. The monoisotopic (exact) mass is 285 g/mol. The first-order valence-corrected chi connectivity index (χ1v) is 7.27. The van der Waals surface area contributed by atoms with Crippen LogP contribution in [-0.4, -0.2) is 7.11 Å². The van der Waals surface area contributed by atoms with E-state index < -0.39 is 5.54 Å². The molecule has 0 bridgehead atoms. The second kappa shape index (κ2) is 5.15. The fourth-order valence-electron chi connectivity index (χ4n) is 3.30. The Morgan fingerprint density at radius 2 is 2.00 bits per heavy atom. The molecule has 0 heterocycles. The number of hydrogen-bond donors (Lipinski definition) is 1. The first kappa shape index (κ1) is 14.1. The maximum Gasteiger partial charge on any atom is 0.123 e. The standard InChI is InChI=1S/C18H20FNO/c1-12-8-14(10-15(19)9-12)18(20)7-3-4-13-5-6-16(21-2)11-17(13)18/h5-6,8-11H,3-4,7,20H2,1-2H3. The summed E-state index contributed by atoms with van der Waals surface area (Å²) in [6.07, 6.45) is 2.83. The summed E-state index contributed by atoms with van der Waals surface area (Å²) in [6, 6.07) is 11.1. The molecule has 1 aliphatic carbocycles. The maximum absolute atomic E-state index is 13.8. The third kappa shape index (κ3) is 2.42. The van der Waals surface area contributed by atoms with Gasteiger partial charge < -0.3 is 10.5 Å². The van der Waals surface area contributed by atoms with Crippen LogP contribution in [0.4, 0.5) is 4.39 Å². The van der Waals surface area contributed by atoms with Crippen molar-refractivity contribution >= 4 is 0 Å². The van der Waals surface area contributed by atoms with E-state index in [4.69, 9.17) is 10.5 Å². The molecular weight excluding hydrogens is 265 g/mol. The van der Waals surface area contributed by atoms with Crippen LogP contribution < -0.4 is 10.5 Å². The topological polar surface area (TPSA) is 35.2 Å². The molecule has 1 atom stereocenters. The van der Waals surface area contributed by atoms with Gasteiger partial charge in [-0.3, -0.25) is 0 Å². The predicted octanol–water partition coefficient (Wildman–Crippen LogP) is 3.68. The summed E-state index contributed by atoms with van der Waals surface area (Å²) < 4.78 is 19.1. The van der Waals surface area contributed by atoms with Crippen molar-refractivity contribution in [1.29, 1.82) is 0 Å². The molecule has 0 fully saturated rings. The SMILES string of the molecule is COc1ccc2c(c1)C(N)(c1cc(C)cc(F)c1)CCC2. The Kier molecular flexibility index (Phi) is 3.46. The highest BCUT2D eigenvalue weighted by Gasteiger charge is 2.35. The third-order valence-electron chi connectivity index (χ3n) is 4.37. The molecule has 2 nitrogen and oxygen atoms in total. The van der Waals surface area contributed by atoms with Gasteiger partial charge in [-0.05, 0) is 72.7 Å². The van der Waals surface area contributed by atoms with Crippen LogP contribution in [0.25, 0.3) is 0 Å². The number of methoxy groups -OCH3 is 1. The normalized spacial score (nSPS) is 21.0. The second-order valence-electron chi connectivity index (χ2n) is 5.87. The van der Waals surface area contributed by atoms with E-state index in [1.165, 1.54) is 11.6 Å². The average molecular weight is 285 g/mol. The highest BCUT2D eigenvalue weighted by molar-refractivity contribution is 5.48. The smallest absolute Gasteiger partial charge is 0.123 e. The van der Waals surface area contributed by atoms with Gasteiger partial charge in [0, 0.05) is 0 Å². The van der Waals surface area contributed by atoms with Gasteiger partial charge in [-0.1, -0.05) is 12.1 Å². The van der Waals surface area contributed by atoms with Crippen LogP contribution >= 0.6 is 0 Å². The van der Waals surface area contributed by atoms with Crippen molar-refractivity contribution in [2.24, 2.45) is 5.73 Å². The third-order valence-corrected chi connectivity index (χ3v) is 4.37. The fourth-order valence-corrected chi connectivity index (χ4v) is 3.30. The predicted molar refractivity (Wildman–Crippen MR) is 82.0 cm³/mol. The van der Waals surface area contributed by atoms with Gasteiger partial charge in [0.2, 0.25) is 0 Å². The Balaban J connectivity index is 2.18. The van der Waals surface area contributed by atoms with Crippen molar-refractivity contribution in [2.75, 3.05) is 7.11 Å². The number of rotatable bonds is 2. The molecule has 3 rings (SSSR count). The lowest BCUT2D eigenvalue weighted by Crippen LogP contribution is -2.41. The molecule has 2 aromatic rings. The molecule has 0 aliphatic heterocycles. The van der Waals surface area contributed by atoms with Crippen LogP contribution in [0.15, 0.2) is 36.4 Å². The largest absolute Gasteiger partial charge is 0.497 e. The Morgan fingerprint density at radius 3 is 2.71 bits per heavy atom. The minimum atomic E-state index is -0.644. The van der Waals surface area contributed by atoms with Crippen LogP contribution in [0.5, 0.6) is 5.75 Å². The van der Waals surface area contributed by atoms with E-state index in [0.29, 0.717) is 0 Å². The average Bonchev–Trinajstić information content (AvgIpc) is 2.46. The Labute approximate surface area is 124 Å². The lowest BCUT2D eigenvalue weighted by molar-refractivity contribution is 0.404. The zero-order valence-electron chi connectivity index (χ0n) is 12.4. The molecule has 0 aromatic heterocycles. The second-order valence-corrected chi connectivity index (χ2v) is 5.87. The summed E-state index contributed by atoms with van der Waals surface area (Å²) >= 11 is 0. The van der Waals surface area contributed by atoms with Gasteiger partial charge in [0.25, 0.3) is 0 Å². The Bertz CT molecular complexity index is 663. The maximum atomic E-state index is 13.8. The van der Waals surface area contributed by atoms with Crippen LogP contribution in [0.3, 0.4) is 0 Å². The first-order valence-electron chi connectivity index (χ1n) is 7.27. The first-order chi connectivity index (χ1) is 10.0. The summed E-state index contributed by atoms with van der Waals surface area (Å²) in [5, 5.41) is 0. The van der Waals surface area contributed by atoms with Crippen molar-refractivity contribution in [2.45, 2.75) is 31.7 Å². The van der Waals surface area contributed by atoms with Crippen molar-refractivity contribution in [3.05, 3.63) is 64.5 Å². The molecule has 2 aromatic carbocycles. The number of nitrogens with two attached hydrogens (primary N) is 1. The molecule has 110 valence electrons.